The summed E-state index contributed by atoms with van der Waals surface area (Å²) in [5.74, 6) is -5.00. The highest BCUT2D eigenvalue weighted by molar-refractivity contribution is 5.79. The molecule has 0 aliphatic carbocycles. The molecule has 2 rings (SSSR count). The van der Waals surface area contributed by atoms with E-state index in [-0.39, 0.29) is 0 Å². The molecule has 0 amide bonds. The van der Waals surface area contributed by atoms with Crippen molar-refractivity contribution in [1.82, 2.24) is 0 Å². The standard InChI is InChI=1S/C12H9F5N2O4/c13-11(14)4-9(10(20)21)18(5-11)6-1-2-8(19(22)23)7(3-6)12(15,16)17/h1-3,9H,4-5H2,(H,20,21)/t9-/m0/s1. The van der Waals surface area contributed by atoms with Crippen molar-refractivity contribution in [3.8, 4) is 0 Å². The zero-order valence-corrected chi connectivity index (χ0v) is 11.2. The molecule has 1 N–H and O–H groups in total. The third-order valence-corrected chi connectivity index (χ3v) is 3.37. The second kappa shape index (κ2) is 5.32. The van der Waals surface area contributed by atoms with Crippen LogP contribution < -0.4 is 4.90 Å². The maximum Gasteiger partial charge on any atom is 0.423 e. The van der Waals surface area contributed by atoms with Crippen LogP contribution in [0.3, 0.4) is 0 Å². The summed E-state index contributed by atoms with van der Waals surface area (Å²) >= 11 is 0. The topological polar surface area (TPSA) is 83.7 Å². The van der Waals surface area contributed by atoms with Gasteiger partial charge in [-0.25, -0.2) is 13.6 Å². The summed E-state index contributed by atoms with van der Waals surface area (Å²) in [5, 5.41) is 19.6. The van der Waals surface area contributed by atoms with Gasteiger partial charge in [-0.05, 0) is 12.1 Å². The molecule has 1 aliphatic heterocycles. The molecule has 0 saturated carbocycles. The van der Waals surface area contributed by atoms with E-state index in [9.17, 15) is 36.9 Å². The summed E-state index contributed by atoms with van der Waals surface area (Å²) in [6.07, 6.45) is -6.14. The van der Waals surface area contributed by atoms with E-state index in [0.717, 1.165) is 6.07 Å². The van der Waals surface area contributed by atoms with Crippen molar-refractivity contribution in [2.75, 3.05) is 11.4 Å². The lowest BCUT2D eigenvalue weighted by Gasteiger charge is -2.23. The molecule has 6 nitrogen and oxygen atoms in total. The number of nitrogens with zero attached hydrogens (tertiary/aromatic N) is 2. The molecule has 0 radical (unpaired) electrons. The maximum absolute atomic E-state index is 13.4. The summed E-state index contributed by atoms with van der Waals surface area (Å²) in [5.41, 5.74) is -3.33. The van der Waals surface area contributed by atoms with Crippen molar-refractivity contribution in [3.63, 3.8) is 0 Å². The zero-order chi connectivity index (χ0) is 17.6. The van der Waals surface area contributed by atoms with Gasteiger partial charge in [-0.2, -0.15) is 13.2 Å². The van der Waals surface area contributed by atoms with Gasteiger partial charge in [0.1, 0.15) is 11.6 Å². The van der Waals surface area contributed by atoms with Gasteiger partial charge in [-0.3, -0.25) is 10.1 Å². The largest absolute Gasteiger partial charge is 0.480 e. The predicted molar refractivity (Wildman–Crippen MR) is 66.4 cm³/mol. The number of benzene rings is 1. The van der Waals surface area contributed by atoms with E-state index in [2.05, 4.69) is 0 Å². The third-order valence-electron chi connectivity index (χ3n) is 3.37. The van der Waals surface area contributed by atoms with Crippen LogP contribution >= 0.6 is 0 Å². The summed E-state index contributed by atoms with van der Waals surface area (Å²) in [6, 6.07) is -0.0548. The van der Waals surface area contributed by atoms with E-state index in [4.69, 9.17) is 5.11 Å². The number of alkyl halides is 5. The minimum Gasteiger partial charge on any atom is -0.480 e. The van der Waals surface area contributed by atoms with Crippen molar-refractivity contribution >= 4 is 17.3 Å². The SMILES string of the molecule is O=C(O)[C@@H]1CC(F)(F)CN1c1ccc([N+](=O)[O-])c(C(F)(F)F)c1. The van der Waals surface area contributed by atoms with Crippen LogP contribution in [-0.2, 0) is 11.0 Å². The Labute approximate surface area is 125 Å². The number of carboxylic acid groups (broad SMARTS) is 1. The first-order valence-electron chi connectivity index (χ1n) is 6.15. The quantitative estimate of drug-likeness (QED) is 0.520. The molecule has 126 valence electrons. The highest BCUT2D eigenvalue weighted by Gasteiger charge is 2.49. The van der Waals surface area contributed by atoms with Gasteiger partial charge in [0.25, 0.3) is 11.6 Å². The van der Waals surface area contributed by atoms with Gasteiger partial charge in [0.05, 0.1) is 11.5 Å². The van der Waals surface area contributed by atoms with Crippen molar-refractivity contribution in [1.29, 1.82) is 0 Å². The van der Waals surface area contributed by atoms with E-state index in [1.807, 2.05) is 0 Å². The molecule has 1 aliphatic rings. The fourth-order valence-electron chi connectivity index (χ4n) is 2.40. The minimum absolute atomic E-state index is 0.315. The van der Waals surface area contributed by atoms with E-state index in [0.29, 0.717) is 17.0 Å². The monoisotopic (exact) mass is 340 g/mol. The molecule has 23 heavy (non-hydrogen) atoms. The molecule has 1 heterocycles. The molecule has 0 aromatic heterocycles. The molecule has 0 unspecified atom stereocenters. The van der Waals surface area contributed by atoms with Gasteiger partial charge in [-0.15, -0.1) is 0 Å². The van der Waals surface area contributed by atoms with Crippen molar-refractivity contribution in [2.45, 2.75) is 24.6 Å². The first kappa shape index (κ1) is 16.9. The average molecular weight is 340 g/mol. The number of carboxylic acids is 1. The fraction of sp³-hybridized carbons (Fsp3) is 0.417. The number of anilines is 1. The third kappa shape index (κ3) is 3.32. The summed E-state index contributed by atoms with van der Waals surface area (Å²) in [4.78, 5) is 21.0. The molecule has 1 aromatic carbocycles. The molecular formula is C12H9F5N2O4. The molecule has 0 bridgehead atoms. The molecule has 1 saturated heterocycles. The Morgan fingerprint density at radius 2 is 2.00 bits per heavy atom. The molecule has 1 atom stereocenters. The van der Waals surface area contributed by atoms with Crippen LogP contribution in [-0.4, -0.2) is 34.5 Å². The van der Waals surface area contributed by atoms with Gasteiger partial charge >= 0.3 is 12.1 Å². The molecule has 11 heteroatoms. The van der Waals surface area contributed by atoms with Gasteiger partial charge in [0, 0.05) is 18.2 Å². The van der Waals surface area contributed by atoms with Crippen LogP contribution in [0.1, 0.15) is 12.0 Å². The van der Waals surface area contributed by atoms with Gasteiger partial charge in [0.15, 0.2) is 0 Å². The fourth-order valence-corrected chi connectivity index (χ4v) is 2.40. The smallest absolute Gasteiger partial charge is 0.423 e. The Balaban J connectivity index is 2.52. The lowest BCUT2D eigenvalue weighted by Crippen LogP contribution is -2.36. The van der Waals surface area contributed by atoms with Crippen LogP contribution in [0.5, 0.6) is 0 Å². The zero-order valence-electron chi connectivity index (χ0n) is 11.2. The van der Waals surface area contributed by atoms with E-state index in [1.54, 1.807) is 0 Å². The summed E-state index contributed by atoms with van der Waals surface area (Å²) < 4.78 is 65.5. The van der Waals surface area contributed by atoms with E-state index in [1.165, 1.54) is 0 Å². The van der Waals surface area contributed by atoms with Crippen LogP contribution in [0.2, 0.25) is 0 Å². The second-order valence-corrected chi connectivity index (χ2v) is 5.00. The number of nitro groups is 1. The Morgan fingerprint density at radius 1 is 1.39 bits per heavy atom. The van der Waals surface area contributed by atoms with Gasteiger partial charge in [-0.1, -0.05) is 0 Å². The number of nitro benzene ring substituents is 1. The number of hydrogen-bond acceptors (Lipinski definition) is 4. The Hall–Kier alpha value is -2.46. The Bertz CT molecular complexity index is 661. The highest BCUT2D eigenvalue weighted by Crippen LogP contribution is 2.41. The molecule has 1 fully saturated rings. The first-order valence-corrected chi connectivity index (χ1v) is 6.15. The van der Waals surface area contributed by atoms with Crippen LogP contribution in [0, 0.1) is 10.1 Å². The summed E-state index contributed by atoms with van der Waals surface area (Å²) in [6.45, 7) is -1.08. The lowest BCUT2D eigenvalue weighted by atomic mass is 10.1. The average Bonchev–Trinajstić information content (AvgIpc) is 2.73. The van der Waals surface area contributed by atoms with Crippen molar-refractivity contribution in [3.05, 3.63) is 33.9 Å². The maximum atomic E-state index is 13.4. The number of halogens is 5. The predicted octanol–water partition coefficient (Wildman–Crippen LogP) is 2.91. The number of hydrogen-bond donors (Lipinski definition) is 1. The first-order chi connectivity index (χ1) is 10.4. The molecule has 0 spiro atoms. The number of rotatable bonds is 3. The number of aliphatic carboxylic acids is 1. The van der Waals surface area contributed by atoms with Crippen LogP contribution in [0.4, 0.5) is 33.3 Å². The second-order valence-electron chi connectivity index (χ2n) is 5.00. The normalized spacial score (nSPS) is 20.6. The Morgan fingerprint density at radius 3 is 2.48 bits per heavy atom. The molecule has 1 aromatic rings. The van der Waals surface area contributed by atoms with E-state index < -0.39 is 58.9 Å². The van der Waals surface area contributed by atoms with E-state index >= 15 is 0 Å². The van der Waals surface area contributed by atoms with Crippen molar-refractivity contribution in [2.24, 2.45) is 0 Å². The van der Waals surface area contributed by atoms with Crippen LogP contribution in [0.25, 0.3) is 0 Å². The lowest BCUT2D eigenvalue weighted by molar-refractivity contribution is -0.388. The minimum atomic E-state index is -5.08. The van der Waals surface area contributed by atoms with Gasteiger partial charge < -0.3 is 10.0 Å². The van der Waals surface area contributed by atoms with Crippen molar-refractivity contribution < 1.29 is 36.8 Å². The van der Waals surface area contributed by atoms with Crippen LogP contribution in [0.15, 0.2) is 18.2 Å². The number of carbonyl (C=O) groups is 1. The molecular weight excluding hydrogens is 331 g/mol. The van der Waals surface area contributed by atoms with Gasteiger partial charge in [0.2, 0.25) is 0 Å². The summed E-state index contributed by atoms with van der Waals surface area (Å²) in [7, 11) is 0. The Kier molecular flexibility index (Phi) is 3.91. The highest BCUT2D eigenvalue weighted by atomic mass is 19.4.